The molecule has 0 saturated heterocycles. The first-order valence-corrected chi connectivity index (χ1v) is 8.73. The Labute approximate surface area is 134 Å². The fraction of sp³-hybridized carbons (Fsp3) is 0.667. The quantitative estimate of drug-likeness (QED) is 0.703. The van der Waals surface area contributed by atoms with E-state index in [1.165, 1.54) is 23.1 Å². The summed E-state index contributed by atoms with van der Waals surface area (Å²) < 4.78 is 0. The van der Waals surface area contributed by atoms with Crippen LogP contribution < -0.4 is 0 Å². The van der Waals surface area contributed by atoms with Crippen LogP contribution in [0.25, 0.3) is 0 Å². The minimum atomic E-state index is -0.103. The minimum absolute atomic E-state index is 0.103. The van der Waals surface area contributed by atoms with Gasteiger partial charge < -0.3 is 0 Å². The van der Waals surface area contributed by atoms with Crippen LogP contribution in [0.1, 0.15) is 69.6 Å². The lowest BCUT2D eigenvalue weighted by Crippen LogP contribution is -2.65. The predicted octanol–water partition coefficient (Wildman–Crippen LogP) is 5.12. The van der Waals surface area contributed by atoms with Gasteiger partial charge in [-0.25, -0.2) is 0 Å². The number of Topliss-reactive ketones (excluding diaryl/α,β-unsaturated/α-hetero) is 1. The summed E-state index contributed by atoms with van der Waals surface area (Å²) in [5, 5.41) is 0. The Morgan fingerprint density at radius 3 is 2.05 bits per heavy atom. The number of aryl methyl sites for hydroxylation is 2. The van der Waals surface area contributed by atoms with Gasteiger partial charge in [0, 0.05) is 10.8 Å². The molecular formula is C21H28O. The molecule has 4 saturated carbocycles. The average molecular weight is 296 g/mol. The molecule has 4 fully saturated rings. The van der Waals surface area contributed by atoms with E-state index in [-0.39, 0.29) is 16.2 Å². The molecule has 22 heavy (non-hydrogen) atoms. The van der Waals surface area contributed by atoms with E-state index < -0.39 is 0 Å². The van der Waals surface area contributed by atoms with Crippen molar-refractivity contribution in [3.05, 3.63) is 34.9 Å². The topological polar surface area (TPSA) is 17.1 Å². The van der Waals surface area contributed by atoms with Crippen LogP contribution in [-0.2, 0) is 10.2 Å². The fourth-order valence-corrected chi connectivity index (χ4v) is 7.34. The van der Waals surface area contributed by atoms with Crippen LogP contribution in [0.2, 0.25) is 0 Å². The lowest BCUT2D eigenvalue weighted by molar-refractivity contribution is -0.179. The largest absolute Gasteiger partial charge is 0.298 e. The summed E-state index contributed by atoms with van der Waals surface area (Å²) >= 11 is 0. The molecule has 2 unspecified atom stereocenters. The van der Waals surface area contributed by atoms with Gasteiger partial charge >= 0.3 is 0 Å². The van der Waals surface area contributed by atoms with Crippen molar-refractivity contribution < 1.29 is 4.79 Å². The smallest absolute Gasteiger partial charge is 0.144 e. The highest BCUT2D eigenvalue weighted by Crippen LogP contribution is 2.72. The molecule has 0 amide bonds. The van der Waals surface area contributed by atoms with Crippen LogP contribution in [0.3, 0.4) is 0 Å². The Balaban J connectivity index is 1.93. The van der Waals surface area contributed by atoms with Gasteiger partial charge in [-0.05, 0) is 67.9 Å². The molecule has 4 atom stereocenters. The summed E-state index contributed by atoms with van der Waals surface area (Å²) in [6.07, 6.45) is 5.59. The number of hydrogen-bond donors (Lipinski definition) is 0. The Morgan fingerprint density at radius 2 is 1.45 bits per heavy atom. The molecule has 5 rings (SSSR count). The van der Waals surface area contributed by atoms with E-state index in [0.717, 1.165) is 25.7 Å². The number of ketones is 1. The zero-order valence-corrected chi connectivity index (χ0v) is 14.7. The molecule has 1 heteroatoms. The monoisotopic (exact) mass is 296 g/mol. The highest BCUT2D eigenvalue weighted by atomic mass is 16.1. The normalized spacial score (nSPS) is 46.3. The van der Waals surface area contributed by atoms with Gasteiger partial charge in [-0.3, -0.25) is 4.79 Å². The average Bonchev–Trinajstić information content (AvgIpc) is 2.36. The summed E-state index contributed by atoms with van der Waals surface area (Å²) in [4.78, 5) is 13.1. The molecule has 0 aromatic heterocycles. The minimum Gasteiger partial charge on any atom is -0.298 e. The first-order valence-electron chi connectivity index (χ1n) is 8.73. The van der Waals surface area contributed by atoms with Crippen molar-refractivity contribution in [3.8, 4) is 0 Å². The van der Waals surface area contributed by atoms with Gasteiger partial charge in [0.1, 0.15) is 5.78 Å². The van der Waals surface area contributed by atoms with Crippen molar-refractivity contribution in [1.29, 1.82) is 0 Å². The third-order valence-electron chi connectivity index (χ3n) is 6.92. The zero-order valence-electron chi connectivity index (χ0n) is 14.7. The van der Waals surface area contributed by atoms with Crippen LogP contribution in [-0.4, -0.2) is 5.78 Å². The van der Waals surface area contributed by atoms with Crippen molar-refractivity contribution >= 4 is 5.78 Å². The first kappa shape index (κ1) is 14.5. The molecule has 4 bridgehead atoms. The van der Waals surface area contributed by atoms with Gasteiger partial charge in [0.2, 0.25) is 0 Å². The van der Waals surface area contributed by atoms with Crippen molar-refractivity contribution in [2.45, 2.75) is 72.1 Å². The van der Waals surface area contributed by atoms with Gasteiger partial charge in [-0.2, -0.15) is 0 Å². The van der Waals surface area contributed by atoms with E-state index >= 15 is 0 Å². The number of benzene rings is 1. The third kappa shape index (κ3) is 1.69. The maximum absolute atomic E-state index is 13.1. The maximum atomic E-state index is 13.1. The van der Waals surface area contributed by atoms with Crippen LogP contribution in [0.15, 0.2) is 18.2 Å². The summed E-state index contributed by atoms with van der Waals surface area (Å²) in [6, 6.07) is 6.90. The van der Waals surface area contributed by atoms with Crippen LogP contribution in [0.4, 0.5) is 0 Å². The fourth-order valence-electron chi connectivity index (χ4n) is 7.34. The van der Waals surface area contributed by atoms with Crippen LogP contribution in [0, 0.1) is 30.1 Å². The summed E-state index contributed by atoms with van der Waals surface area (Å²) in [5.74, 6) is 0.554. The highest BCUT2D eigenvalue weighted by molar-refractivity contribution is 5.92. The molecule has 4 aliphatic carbocycles. The molecule has 0 aliphatic heterocycles. The highest BCUT2D eigenvalue weighted by Gasteiger charge is 2.68. The van der Waals surface area contributed by atoms with Crippen molar-refractivity contribution in [2.24, 2.45) is 16.2 Å². The standard InChI is InChI=1S/C21H28O/c1-14-6-7-15(2)16(8-14)21-11-18(3)9-19(4,12-21)17(22)20(5,10-18)13-21/h6-8H,9-13H2,1-5H3/t18?,19-,20+,21?. The molecule has 0 radical (unpaired) electrons. The zero-order chi connectivity index (χ0) is 16.0. The number of carbonyl (C=O) groups excluding carboxylic acids is 1. The molecule has 0 spiro atoms. The Bertz CT molecular complexity index is 661. The molecule has 1 nitrogen and oxygen atoms in total. The predicted molar refractivity (Wildman–Crippen MR) is 90.0 cm³/mol. The van der Waals surface area contributed by atoms with E-state index in [2.05, 4.69) is 52.8 Å². The molecular weight excluding hydrogens is 268 g/mol. The molecule has 118 valence electrons. The SMILES string of the molecule is Cc1ccc(C)c(C23CC4(C)C[C@@](C)(C2)C(=O)[C@](C)(C4)C3)c1. The molecule has 1 aromatic rings. The number of carbonyl (C=O) groups is 1. The second-order valence-electron chi connectivity index (χ2n) is 9.74. The van der Waals surface area contributed by atoms with Crippen molar-refractivity contribution in [3.63, 3.8) is 0 Å². The van der Waals surface area contributed by atoms with E-state index in [1.807, 2.05) is 0 Å². The first-order chi connectivity index (χ1) is 10.1. The maximum Gasteiger partial charge on any atom is 0.144 e. The van der Waals surface area contributed by atoms with Gasteiger partial charge in [-0.15, -0.1) is 0 Å². The lowest BCUT2D eigenvalue weighted by Gasteiger charge is -2.68. The van der Waals surface area contributed by atoms with E-state index in [1.54, 1.807) is 0 Å². The Kier molecular flexibility index (Phi) is 2.54. The summed E-state index contributed by atoms with van der Waals surface area (Å²) in [5.41, 5.74) is 4.65. The van der Waals surface area contributed by atoms with E-state index in [0.29, 0.717) is 11.2 Å². The summed E-state index contributed by atoms with van der Waals surface area (Å²) in [7, 11) is 0. The summed E-state index contributed by atoms with van der Waals surface area (Å²) in [6.45, 7) is 11.4. The van der Waals surface area contributed by atoms with Gasteiger partial charge in [-0.1, -0.05) is 44.5 Å². The van der Waals surface area contributed by atoms with Crippen molar-refractivity contribution in [1.82, 2.24) is 0 Å². The second-order valence-corrected chi connectivity index (χ2v) is 9.74. The lowest BCUT2D eigenvalue weighted by atomic mass is 9.35. The van der Waals surface area contributed by atoms with Crippen LogP contribution >= 0.6 is 0 Å². The third-order valence-corrected chi connectivity index (χ3v) is 6.92. The molecule has 0 heterocycles. The molecule has 1 aromatic carbocycles. The van der Waals surface area contributed by atoms with E-state index in [9.17, 15) is 4.79 Å². The molecule has 4 aliphatic rings. The second kappa shape index (κ2) is 3.86. The van der Waals surface area contributed by atoms with E-state index in [4.69, 9.17) is 0 Å². The van der Waals surface area contributed by atoms with Crippen LogP contribution in [0.5, 0.6) is 0 Å². The number of rotatable bonds is 1. The van der Waals surface area contributed by atoms with Gasteiger partial charge in [0.25, 0.3) is 0 Å². The van der Waals surface area contributed by atoms with Gasteiger partial charge in [0.05, 0.1) is 0 Å². The van der Waals surface area contributed by atoms with Crippen molar-refractivity contribution in [2.75, 3.05) is 0 Å². The van der Waals surface area contributed by atoms with Gasteiger partial charge in [0.15, 0.2) is 0 Å². The Morgan fingerprint density at radius 1 is 0.864 bits per heavy atom. The molecule has 0 N–H and O–H groups in total. The number of hydrogen-bond acceptors (Lipinski definition) is 1. The Hall–Kier alpha value is -1.11.